The Morgan fingerprint density at radius 2 is 1.79 bits per heavy atom. The van der Waals surface area contributed by atoms with E-state index in [-0.39, 0.29) is 12.8 Å². The first-order chi connectivity index (χ1) is 6.14. The van der Waals surface area contributed by atoms with Crippen LogP contribution in [0.15, 0.2) is 0 Å². The highest BCUT2D eigenvalue weighted by atomic mass is 19.4. The van der Waals surface area contributed by atoms with Crippen LogP contribution in [0.1, 0.15) is 33.6 Å². The second kappa shape index (κ2) is 3.14. The standard InChI is InChI=1S/C9H14F3NO/c1-8(2,3)13-6(9(10,11)12)4-5-7(13)14/h6H,4-5H2,1-3H3/t6-/m0/s1. The molecule has 0 spiro atoms. The van der Waals surface area contributed by atoms with Crippen LogP contribution in [0, 0.1) is 0 Å². The van der Waals surface area contributed by atoms with Crippen molar-refractivity contribution in [3.05, 3.63) is 0 Å². The molecule has 0 aromatic heterocycles. The fraction of sp³-hybridized carbons (Fsp3) is 0.889. The van der Waals surface area contributed by atoms with E-state index in [9.17, 15) is 18.0 Å². The molecule has 2 nitrogen and oxygen atoms in total. The lowest BCUT2D eigenvalue weighted by molar-refractivity contribution is -0.190. The SMILES string of the molecule is CC(C)(C)N1C(=O)CC[C@H]1C(F)(F)F. The van der Waals surface area contributed by atoms with Crippen LogP contribution in [0.5, 0.6) is 0 Å². The molecule has 1 atom stereocenters. The molecule has 0 aromatic rings. The zero-order valence-electron chi connectivity index (χ0n) is 8.48. The number of hydrogen-bond acceptors (Lipinski definition) is 1. The van der Waals surface area contributed by atoms with Crippen molar-refractivity contribution in [3.63, 3.8) is 0 Å². The van der Waals surface area contributed by atoms with E-state index in [1.807, 2.05) is 0 Å². The zero-order valence-corrected chi connectivity index (χ0v) is 8.48. The molecule has 14 heavy (non-hydrogen) atoms. The number of halogens is 3. The summed E-state index contributed by atoms with van der Waals surface area (Å²) >= 11 is 0. The summed E-state index contributed by atoms with van der Waals surface area (Å²) in [5, 5.41) is 0. The molecule has 0 bridgehead atoms. The van der Waals surface area contributed by atoms with E-state index in [0.29, 0.717) is 0 Å². The predicted molar refractivity (Wildman–Crippen MR) is 45.7 cm³/mol. The third-order valence-corrected chi connectivity index (χ3v) is 2.31. The highest BCUT2D eigenvalue weighted by molar-refractivity contribution is 5.79. The maximum atomic E-state index is 12.5. The van der Waals surface area contributed by atoms with Crippen molar-refractivity contribution < 1.29 is 18.0 Å². The Kier molecular flexibility index (Phi) is 2.54. The normalized spacial score (nSPS) is 24.6. The van der Waals surface area contributed by atoms with Crippen LogP contribution in [0.4, 0.5) is 13.2 Å². The molecule has 5 heteroatoms. The molecular weight excluding hydrogens is 195 g/mol. The molecule has 0 aliphatic carbocycles. The van der Waals surface area contributed by atoms with E-state index < -0.39 is 23.7 Å². The number of carbonyl (C=O) groups is 1. The number of hydrogen-bond donors (Lipinski definition) is 0. The van der Waals surface area contributed by atoms with Crippen LogP contribution < -0.4 is 0 Å². The fourth-order valence-corrected chi connectivity index (χ4v) is 1.84. The molecule has 1 fully saturated rings. The Bertz CT molecular complexity index is 241. The molecule has 0 N–H and O–H groups in total. The summed E-state index contributed by atoms with van der Waals surface area (Å²) in [5.41, 5.74) is -0.756. The Hall–Kier alpha value is -0.740. The van der Waals surface area contributed by atoms with E-state index in [4.69, 9.17) is 0 Å². The highest BCUT2D eigenvalue weighted by Gasteiger charge is 2.52. The molecule has 82 valence electrons. The summed E-state index contributed by atoms with van der Waals surface area (Å²) in [4.78, 5) is 12.3. The van der Waals surface area contributed by atoms with Gasteiger partial charge in [-0.15, -0.1) is 0 Å². The van der Waals surface area contributed by atoms with Gasteiger partial charge >= 0.3 is 6.18 Å². The van der Waals surface area contributed by atoms with Crippen molar-refractivity contribution in [1.82, 2.24) is 4.90 Å². The third-order valence-electron chi connectivity index (χ3n) is 2.31. The van der Waals surface area contributed by atoms with Gasteiger partial charge in [0.25, 0.3) is 0 Å². The monoisotopic (exact) mass is 209 g/mol. The van der Waals surface area contributed by atoms with Gasteiger partial charge in [0.2, 0.25) is 5.91 Å². The van der Waals surface area contributed by atoms with Crippen LogP contribution >= 0.6 is 0 Å². The lowest BCUT2D eigenvalue weighted by Crippen LogP contribution is -2.52. The van der Waals surface area contributed by atoms with Gasteiger partial charge in [-0.25, -0.2) is 0 Å². The number of nitrogens with zero attached hydrogens (tertiary/aromatic N) is 1. The van der Waals surface area contributed by atoms with Crippen LogP contribution in [0.25, 0.3) is 0 Å². The van der Waals surface area contributed by atoms with Gasteiger partial charge in [-0.05, 0) is 27.2 Å². The van der Waals surface area contributed by atoms with Crippen molar-refractivity contribution in [2.24, 2.45) is 0 Å². The van der Waals surface area contributed by atoms with E-state index in [1.165, 1.54) is 0 Å². The second-order valence-corrected chi connectivity index (χ2v) is 4.53. The number of alkyl halides is 3. The molecule has 0 saturated carbocycles. The minimum absolute atomic E-state index is 0.00144. The van der Waals surface area contributed by atoms with Gasteiger partial charge < -0.3 is 4.90 Å². The highest BCUT2D eigenvalue weighted by Crippen LogP contribution is 2.37. The van der Waals surface area contributed by atoms with Crippen LogP contribution in [-0.2, 0) is 4.79 Å². The van der Waals surface area contributed by atoms with Gasteiger partial charge in [-0.1, -0.05) is 0 Å². The second-order valence-electron chi connectivity index (χ2n) is 4.53. The number of likely N-dealkylation sites (tertiary alicyclic amines) is 1. The number of rotatable bonds is 0. The van der Waals surface area contributed by atoms with E-state index in [1.54, 1.807) is 20.8 Å². The quantitative estimate of drug-likeness (QED) is 0.599. The van der Waals surface area contributed by atoms with Crippen LogP contribution in [-0.4, -0.2) is 28.6 Å². The third kappa shape index (κ3) is 2.01. The van der Waals surface area contributed by atoms with Gasteiger partial charge in [0, 0.05) is 12.0 Å². The molecule has 1 rings (SSSR count). The van der Waals surface area contributed by atoms with E-state index >= 15 is 0 Å². The molecule has 1 heterocycles. The van der Waals surface area contributed by atoms with Gasteiger partial charge in [0.15, 0.2) is 0 Å². The Morgan fingerprint density at radius 3 is 2.07 bits per heavy atom. The molecule has 1 saturated heterocycles. The first-order valence-corrected chi connectivity index (χ1v) is 4.53. The van der Waals surface area contributed by atoms with Crippen molar-refractivity contribution >= 4 is 5.91 Å². The molecule has 1 aliphatic rings. The largest absolute Gasteiger partial charge is 0.408 e. The van der Waals surface area contributed by atoms with Crippen molar-refractivity contribution in [3.8, 4) is 0 Å². The smallest absolute Gasteiger partial charge is 0.326 e. The molecule has 0 aromatic carbocycles. The summed E-state index contributed by atoms with van der Waals surface area (Å²) < 4.78 is 37.6. The number of carbonyl (C=O) groups excluding carboxylic acids is 1. The first kappa shape index (κ1) is 11.3. The number of amides is 1. The predicted octanol–water partition coefficient (Wildman–Crippen LogP) is 2.34. The Balaban J connectivity index is 2.94. The van der Waals surface area contributed by atoms with Crippen LogP contribution in [0.3, 0.4) is 0 Å². The average Bonchev–Trinajstić information content (AvgIpc) is 2.27. The lowest BCUT2D eigenvalue weighted by atomic mass is 10.0. The molecule has 1 aliphatic heterocycles. The molecule has 0 radical (unpaired) electrons. The van der Waals surface area contributed by atoms with Gasteiger partial charge in [0.1, 0.15) is 6.04 Å². The maximum absolute atomic E-state index is 12.5. The minimum atomic E-state index is -4.31. The van der Waals surface area contributed by atoms with E-state index in [0.717, 1.165) is 4.90 Å². The molecule has 0 unspecified atom stereocenters. The summed E-state index contributed by atoms with van der Waals surface area (Å²) in [6.07, 6.45) is -4.42. The van der Waals surface area contributed by atoms with Crippen LogP contribution in [0.2, 0.25) is 0 Å². The van der Waals surface area contributed by atoms with E-state index in [2.05, 4.69) is 0 Å². The molecular formula is C9H14F3NO. The Morgan fingerprint density at radius 1 is 1.29 bits per heavy atom. The average molecular weight is 209 g/mol. The first-order valence-electron chi connectivity index (χ1n) is 4.53. The minimum Gasteiger partial charge on any atom is -0.326 e. The van der Waals surface area contributed by atoms with Crippen molar-refractivity contribution in [2.75, 3.05) is 0 Å². The fourth-order valence-electron chi connectivity index (χ4n) is 1.84. The lowest BCUT2D eigenvalue weighted by Gasteiger charge is -2.37. The summed E-state index contributed by atoms with van der Waals surface area (Å²) in [5.74, 6) is -0.403. The molecule has 1 amide bonds. The van der Waals surface area contributed by atoms with Gasteiger partial charge in [-0.2, -0.15) is 13.2 Å². The summed E-state index contributed by atoms with van der Waals surface area (Å²) in [7, 11) is 0. The summed E-state index contributed by atoms with van der Waals surface area (Å²) in [6.45, 7) is 4.86. The summed E-state index contributed by atoms with van der Waals surface area (Å²) in [6, 6.07) is -1.60. The van der Waals surface area contributed by atoms with Gasteiger partial charge in [-0.3, -0.25) is 4.79 Å². The maximum Gasteiger partial charge on any atom is 0.408 e. The van der Waals surface area contributed by atoms with Crippen molar-refractivity contribution in [2.45, 2.75) is 51.4 Å². The Labute approximate surface area is 81.1 Å². The topological polar surface area (TPSA) is 20.3 Å². The zero-order chi connectivity index (χ0) is 11.1. The van der Waals surface area contributed by atoms with Crippen molar-refractivity contribution in [1.29, 1.82) is 0 Å². The van der Waals surface area contributed by atoms with Gasteiger partial charge in [0.05, 0.1) is 0 Å².